The number of benzene rings is 1. The molecule has 0 aliphatic heterocycles. The van der Waals surface area contributed by atoms with Crippen molar-refractivity contribution in [2.75, 3.05) is 13.1 Å². The van der Waals surface area contributed by atoms with E-state index in [4.69, 9.17) is 4.74 Å². The van der Waals surface area contributed by atoms with Crippen LogP contribution in [0.15, 0.2) is 18.2 Å². The number of unbranched alkanes of at least 4 members (excludes halogenated alkanes) is 4. The van der Waals surface area contributed by atoms with Gasteiger partial charge < -0.3 is 20.3 Å². The smallest absolute Gasteiger partial charge is 0.408 e. The molecule has 2 N–H and O–H groups in total. The molecular weight excluding hydrogens is 442 g/mol. The minimum absolute atomic E-state index is 0.191. The van der Waals surface area contributed by atoms with E-state index in [1.54, 1.807) is 32.6 Å². The first-order valence-electron chi connectivity index (χ1n) is 13.1. The van der Waals surface area contributed by atoms with Gasteiger partial charge in [0, 0.05) is 13.1 Å². The second-order valence-corrected chi connectivity index (χ2v) is 10.3. The topological polar surface area (TPSA) is 87.7 Å². The second kappa shape index (κ2) is 14.7. The van der Waals surface area contributed by atoms with Gasteiger partial charge in [-0.05, 0) is 71.1 Å². The van der Waals surface area contributed by atoms with E-state index < -0.39 is 23.8 Å². The number of ether oxygens (including phenoxy) is 1. The maximum absolute atomic E-state index is 13.8. The van der Waals surface area contributed by atoms with Crippen molar-refractivity contribution in [2.24, 2.45) is 0 Å². The first-order chi connectivity index (χ1) is 16.4. The molecule has 0 saturated carbocycles. The molecule has 1 aromatic carbocycles. The van der Waals surface area contributed by atoms with Gasteiger partial charge in [0.2, 0.25) is 11.8 Å². The van der Waals surface area contributed by atoms with Gasteiger partial charge in [0.25, 0.3) is 0 Å². The summed E-state index contributed by atoms with van der Waals surface area (Å²) in [4.78, 5) is 41.3. The third kappa shape index (κ3) is 10.3. The summed E-state index contributed by atoms with van der Waals surface area (Å²) in [7, 11) is 0. The lowest BCUT2D eigenvalue weighted by atomic mass is 9.93. The highest BCUT2D eigenvalue weighted by atomic mass is 16.6. The van der Waals surface area contributed by atoms with Crippen LogP contribution in [0.4, 0.5) is 4.79 Å². The Balaban J connectivity index is 3.36. The molecule has 7 nitrogen and oxygen atoms in total. The number of nitrogens with one attached hydrogen (secondary N) is 2. The van der Waals surface area contributed by atoms with Crippen LogP contribution < -0.4 is 10.6 Å². The SMILES string of the molecule is CCCCCCN(C(=O)C(C)NC(=O)OC(C)(C)C)C(C(=O)NCCCC)c1c(C)cccc1C. The molecule has 0 aromatic heterocycles. The van der Waals surface area contributed by atoms with Crippen molar-refractivity contribution in [2.45, 2.75) is 112 Å². The highest BCUT2D eigenvalue weighted by Crippen LogP contribution is 2.29. The Hall–Kier alpha value is -2.57. The van der Waals surface area contributed by atoms with Gasteiger partial charge >= 0.3 is 6.09 Å². The van der Waals surface area contributed by atoms with E-state index in [-0.39, 0.29) is 11.8 Å². The summed E-state index contributed by atoms with van der Waals surface area (Å²) in [5.41, 5.74) is 2.08. The molecule has 2 atom stereocenters. The summed E-state index contributed by atoms with van der Waals surface area (Å²) in [6.45, 7) is 16.1. The minimum Gasteiger partial charge on any atom is -0.444 e. The monoisotopic (exact) mass is 489 g/mol. The fraction of sp³-hybridized carbons (Fsp3) is 0.679. The molecule has 0 aliphatic carbocycles. The minimum atomic E-state index is -0.841. The number of aryl methyl sites for hydroxylation is 2. The van der Waals surface area contributed by atoms with Crippen LogP contribution in [0.2, 0.25) is 0 Å². The summed E-state index contributed by atoms with van der Waals surface area (Å²) in [5.74, 6) is -0.491. The van der Waals surface area contributed by atoms with Crippen LogP contribution in [0.25, 0.3) is 0 Å². The predicted octanol–water partition coefficient (Wildman–Crippen LogP) is 5.58. The average Bonchev–Trinajstić information content (AvgIpc) is 2.75. The molecule has 0 heterocycles. The van der Waals surface area contributed by atoms with Gasteiger partial charge in [0.15, 0.2) is 0 Å². The Labute approximate surface area is 212 Å². The molecule has 35 heavy (non-hydrogen) atoms. The van der Waals surface area contributed by atoms with Crippen molar-refractivity contribution in [3.8, 4) is 0 Å². The lowest BCUT2D eigenvalue weighted by molar-refractivity contribution is -0.142. The third-order valence-electron chi connectivity index (χ3n) is 5.84. The first kappa shape index (κ1) is 30.5. The van der Waals surface area contributed by atoms with Gasteiger partial charge in [0.05, 0.1) is 0 Å². The molecule has 0 fully saturated rings. The fourth-order valence-electron chi connectivity index (χ4n) is 4.04. The van der Waals surface area contributed by atoms with Crippen molar-refractivity contribution in [3.05, 3.63) is 34.9 Å². The first-order valence-corrected chi connectivity index (χ1v) is 13.1. The van der Waals surface area contributed by atoms with Crippen molar-refractivity contribution in [1.29, 1.82) is 0 Å². The third-order valence-corrected chi connectivity index (χ3v) is 5.84. The molecule has 0 bridgehead atoms. The van der Waals surface area contributed by atoms with Crippen molar-refractivity contribution in [1.82, 2.24) is 15.5 Å². The standard InChI is InChI=1S/C28H47N3O4/c1-9-11-13-14-19-31(26(33)22(5)30-27(34)35-28(6,7)8)24(25(32)29-18-12-10-2)23-20(3)16-15-17-21(23)4/h15-17,22,24H,9-14,18-19H2,1-8H3,(H,29,32)(H,30,34). The largest absolute Gasteiger partial charge is 0.444 e. The predicted molar refractivity (Wildman–Crippen MR) is 141 cm³/mol. The number of nitrogens with zero attached hydrogens (tertiary/aromatic N) is 1. The highest BCUT2D eigenvalue weighted by Gasteiger charge is 2.35. The number of carbonyl (C=O) groups is 3. The van der Waals surface area contributed by atoms with Gasteiger partial charge in [-0.15, -0.1) is 0 Å². The summed E-state index contributed by atoms with van der Waals surface area (Å²) in [6, 6.07) is 4.28. The van der Waals surface area contributed by atoms with Gasteiger partial charge in [-0.2, -0.15) is 0 Å². The molecule has 2 unspecified atom stereocenters. The van der Waals surface area contributed by atoms with E-state index in [0.29, 0.717) is 13.1 Å². The number of rotatable bonds is 13. The Bertz CT molecular complexity index is 812. The highest BCUT2D eigenvalue weighted by molar-refractivity contribution is 5.92. The van der Waals surface area contributed by atoms with Crippen LogP contribution in [-0.2, 0) is 14.3 Å². The van der Waals surface area contributed by atoms with Crippen molar-refractivity contribution in [3.63, 3.8) is 0 Å². The van der Waals surface area contributed by atoms with E-state index in [0.717, 1.165) is 55.2 Å². The molecule has 0 spiro atoms. The Morgan fingerprint density at radius 2 is 1.57 bits per heavy atom. The molecule has 1 aromatic rings. The Morgan fingerprint density at radius 3 is 2.11 bits per heavy atom. The Kier molecular flexibility index (Phi) is 12.8. The molecule has 3 amide bonds. The van der Waals surface area contributed by atoms with E-state index in [2.05, 4.69) is 24.5 Å². The van der Waals surface area contributed by atoms with Gasteiger partial charge in [-0.3, -0.25) is 9.59 Å². The van der Waals surface area contributed by atoms with Gasteiger partial charge in [-0.1, -0.05) is 57.7 Å². The van der Waals surface area contributed by atoms with Crippen LogP contribution >= 0.6 is 0 Å². The lowest BCUT2D eigenvalue weighted by Crippen LogP contribution is -2.52. The summed E-state index contributed by atoms with van der Waals surface area (Å²) < 4.78 is 5.35. The maximum atomic E-state index is 13.8. The zero-order valence-corrected chi connectivity index (χ0v) is 23.1. The molecule has 1 rings (SSSR count). The van der Waals surface area contributed by atoms with Crippen LogP contribution in [-0.4, -0.2) is 47.5 Å². The van der Waals surface area contributed by atoms with Gasteiger partial charge in [-0.25, -0.2) is 4.79 Å². The summed E-state index contributed by atoms with van der Waals surface area (Å²) in [5, 5.41) is 5.70. The lowest BCUT2D eigenvalue weighted by Gasteiger charge is -2.35. The quantitative estimate of drug-likeness (QED) is 0.354. The molecule has 0 saturated heterocycles. The van der Waals surface area contributed by atoms with Crippen LogP contribution in [0, 0.1) is 13.8 Å². The zero-order chi connectivity index (χ0) is 26.6. The molecule has 7 heteroatoms. The number of amides is 3. The summed E-state index contributed by atoms with van der Waals surface area (Å²) >= 11 is 0. The van der Waals surface area contributed by atoms with Crippen molar-refractivity contribution >= 4 is 17.9 Å². The average molecular weight is 490 g/mol. The molecule has 0 aliphatic rings. The van der Waals surface area contributed by atoms with Crippen LogP contribution in [0.5, 0.6) is 0 Å². The molecule has 198 valence electrons. The zero-order valence-electron chi connectivity index (χ0n) is 23.1. The molecule has 0 radical (unpaired) electrons. The second-order valence-electron chi connectivity index (χ2n) is 10.3. The number of hydrogen-bond acceptors (Lipinski definition) is 4. The van der Waals surface area contributed by atoms with Crippen LogP contribution in [0.3, 0.4) is 0 Å². The van der Waals surface area contributed by atoms with Crippen LogP contribution in [0.1, 0.15) is 103 Å². The fourth-order valence-corrected chi connectivity index (χ4v) is 4.04. The normalized spacial score (nSPS) is 13.0. The number of hydrogen-bond donors (Lipinski definition) is 2. The van der Waals surface area contributed by atoms with E-state index >= 15 is 0 Å². The Morgan fingerprint density at radius 1 is 0.971 bits per heavy atom. The maximum Gasteiger partial charge on any atom is 0.408 e. The number of alkyl carbamates (subject to hydrolysis) is 1. The van der Waals surface area contributed by atoms with Gasteiger partial charge in [0.1, 0.15) is 17.7 Å². The van der Waals surface area contributed by atoms with E-state index in [9.17, 15) is 14.4 Å². The van der Waals surface area contributed by atoms with E-state index in [1.165, 1.54) is 0 Å². The van der Waals surface area contributed by atoms with Crippen molar-refractivity contribution < 1.29 is 19.1 Å². The van der Waals surface area contributed by atoms with E-state index in [1.807, 2.05) is 32.0 Å². The summed E-state index contributed by atoms with van der Waals surface area (Å²) in [6.07, 6.45) is 5.05. The molecular formula is C28H47N3O4. The number of carbonyl (C=O) groups excluding carboxylic acids is 3.